The number of halogens is 1. The van der Waals surface area contributed by atoms with Crippen molar-refractivity contribution in [2.75, 3.05) is 23.4 Å². The maximum Gasteiger partial charge on any atom is 0.229 e. The number of anilines is 2. The quantitative estimate of drug-likeness (QED) is 0.583. The van der Waals surface area contributed by atoms with Crippen molar-refractivity contribution in [2.45, 2.75) is 20.4 Å². The summed E-state index contributed by atoms with van der Waals surface area (Å²) >= 11 is 5.98. The molecule has 7 nitrogen and oxygen atoms in total. The Balaban J connectivity index is 1.80. The van der Waals surface area contributed by atoms with Crippen molar-refractivity contribution in [1.82, 2.24) is 9.78 Å². The van der Waals surface area contributed by atoms with Crippen LogP contribution >= 0.6 is 11.6 Å². The topological polar surface area (TPSA) is 85.2 Å². The molecule has 0 bridgehead atoms. The predicted molar refractivity (Wildman–Crippen MR) is 117 cm³/mol. The second-order valence-corrected chi connectivity index (χ2v) is 8.87. The van der Waals surface area contributed by atoms with E-state index in [9.17, 15) is 8.42 Å². The lowest BCUT2D eigenvalue weighted by Crippen LogP contribution is -2.11. The number of hydrogen-bond acceptors (Lipinski definition) is 5. The van der Waals surface area contributed by atoms with Gasteiger partial charge < -0.3 is 10.1 Å². The fourth-order valence-electron chi connectivity index (χ4n) is 3.04. The minimum Gasteiger partial charge on any atom is -0.494 e. The van der Waals surface area contributed by atoms with E-state index in [-0.39, 0.29) is 0 Å². The molecule has 0 radical (unpaired) electrons. The van der Waals surface area contributed by atoms with Crippen LogP contribution in [0.4, 0.5) is 11.4 Å². The molecule has 2 N–H and O–H groups in total. The molecule has 0 aliphatic heterocycles. The van der Waals surface area contributed by atoms with Gasteiger partial charge in [-0.3, -0.25) is 4.72 Å². The number of sulfonamides is 1. The first-order chi connectivity index (χ1) is 13.7. The minimum atomic E-state index is -3.39. The lowest BCUT2D eigenvalue weighted by atomic mass is 10.2. The number of nitrogens with one attached hydrogen (secondary N) is 2. The summed E-state index contributed by atoms with van der Waals surface area (Å²) in [5, 5.41) is 8.67. The fraction of sp³-hybridized carbons (Fsp3) is 0.250. The summed E-state index contributed by atoms with van der Waals surface area (Å²) < 4.78 is 32.6. The maximum atomic E-state index is 11.5. The third kappa shape index (κ3) is 5.02. The molecule has 1 heterocycles. The summed E-state index contributed by atoms with van der Waals surface area (Å²) in [5.41, 5.74) is 5.17. The second kappa shape index (κ2) is 8.34. The molecule has 0 saturated heterocycles. The Bertz CT molecular complexity index is 1130. The van der Waals surface area contributed by atoms with Crippen LogP contribution in [0, 0.1) is 13.8 Å². The highest BCUT2D eigenvalue weighted by Gasteiger charge is 2.14. The first kappa shape index (κ1) is 21.0. The summed E-state index contributed by atoms with van der Waals surface area (Å²) in [6.07, 6.45) is 1.10. The molecule has 0 saturated carbocycles. The maximum absolute atomic E-state index is 11.5. The van der Waals surface area contributed by atoms with Gasteiger partial charge in [-0.25, -0.2) is 13.1 Å². The van der Waals surface area contributed by atoms with Crippen molar-refractivity contribution in [1.29, 1.82) is 0 Å². The number of methoxy groups -OCH3 is 1. The van der Waals surface area contributed by atoms with E-state index in [0.29, 0.717) is 23.0 Å². The first-order valence-electron chi connectivity index (χ1n) is 8.88. The number of nitrogens with zero attached hydrogens (tertiary/aromatic N) is 2. The smallest absolute Gasteiger partial charge is 0.229 e. The van der Waals surface area contributed by atoms with Crippen molar-refractivity contribution in [3.05, 3.63) is 64.4 Å². The van der Waals surface area contributed by atoms with Gasteiger partial charge in [0.1, 0.15) is 5.75 Å². The second-order valence-electron chi connectivity index (χ2n) is 6.68. The number of rotatable bonds is 7. The van der Waals surface area contributed by atoms with Gasteiger partial charge >= 0.3 is 0 Å². The summed E-state index contributed by atoms with van der Waals surface area (Å²) in [6, 6.07) is 12.7. The molecule has 0 spiro atoms. The minimum absolute atomic E-state index is 0.392. The molecule has 29 heavy (non-hydrogen) atoms. The highest BCUT2D eigenvalue weighted by molar-refractivity contribution is 7.92. The summed E-state index contributed by atoms with van der Waals surface area (Å²) in [7, 11) is -1.89. The monoisotopic (exact) mass is 434 g/mol. The number of hydrogen-bond donors (Lipinski definition) is 2. The average Bonchev–Trinajstić information content (AvgIpc) is 2.94. The van der Waals surface area contributed by atoms with E-state index in [2.05, 4.69) is 15.1 Å². The molecule has 2 aromatic carbocycles. The average molecular weight is 435 g/mol. The van der Waals surface area contributed by atoms with E-state index in [1.165, 1.54) is 7.11 Å². The third-order valence-corrected chi connectivity index (χ3v) is 5.32. The molecule has 0 atom stereocenters. The van der Waals surface area contributed by atoms with Crippen LogP contribution < -0.4 is 14.8 Å². The highest BCUT2D eigenvalue weighted by Crippen LogP contribution is 2.29. The van der Waals surface area contributed by atoms with E-state index in [1.54, 1.807) is 18.2 Å². The van der Waals surface area contributed by atoms with Gasteiger partial charge in [0, 0.05) is 34.6 Å². The molecule has 0 fully saturated rings. The van der Waals surface area contributed by atoms with Gasteiger partial charge in [-0.1, -0.05) is 11.6 Å². The Morgan fingerprint density at radius 3 is 2.45 bits per heavy atom. The van der Waals surface area contributed by atoms with Crippen LogP contribution in [0.25, 0.3) is 5.69 Å². The van der Waals surface area contributed by atoms with E-state index < -0.39 is 10.0 Å². The van der Waals surface area contributed by atoms with Gasteiger partial charge in [-0.2, -0.15) is 5.10 Å². The Hall–Kier alpha value is -2.71. The van der Waals surface area contributed by atoms with Crippen LogP contribution in [0.5, 0.6) is 5.75 Å². The largest absolute Gasteiger partial charge is 0.494 e. The molecule has 3 rings (SSSR count). The Morgan fingerprint density at radius 1 is 1.14 bits per heavy atom. The molecular formula is C20H23ClN4O3S. The molecule has 154 valence electrons. The molecule has 3 aromatic rings. The van der Waals surface area contributed by atoms with Crippen molar-refractivity contribution >= 4 is 33.0 Å². The summed E-state index contributed by atoms with van der Waals surface area (Å²) in [5.74, 6) is 0.436. The Kier molecular flexibility index (Phi) is 6.04. The van der Waals surface area contributed by atoms with Crippen molar-refractivity contribution in [3.63, 3.8) is 0 Å². The molecule has 0 amide bonds. The Morgan fingerprint density at radius 2 is 1.83 bits per heavy atom. The molecule has 0 aliphatic rings. The third-order valence-electron chi connectivity index (χ3n) is 4.48. The van der Waals surface area contributed by atoms with Gasteiger partial charge in [-0.15, -0.1) is 0 Å². The number of aromatic nitrogens is 2. The zero-order valence-corrected chi connectivity index (χ0v) is 18.2. The SMILES string of the molecule is COc1cc(NCc2c(C)nn(-c3ccc(Cl)cc3)c2C)ccc1NS(C)(=O)=O. The van der Waals surface area contributed by atoms with E-state index in [1.807, 2.05) is 42.8 Å². The summed E-state index contributed by atoms with van der Waals surface area (Å²) in [6.45, 7) is 4.55. The van der Waals surface area contributed by atoms with Crippen LogP contribution in [0.2, 0.25) is 5.02 Å². The van der Waals surface area contributed by atoms with Crippen LogP contribution in [-0.2, 0) is 16.6 Å². The van der Waals surface area contributed by atoms with Crippen LogP contribution in [0.15, 0.2) is 42.5 Å². The first-order valence-corrected chi connectivity index (χ1v) is 11.2. The standard InChI is InChI=1S/C20H23ClN4O3S/c1-13-18(14(2)25(23-13)17-8-5-15(21)6-9-17)12-22-16-7-10-19(20(11-16)28-3)24-29(4,26)27/h5-11,22,24H,12H2,1-4H3. The molecule has 9 heteroatoms. The van der Waals surface area contributed by atoms with E-state index >= 15 is 0 Å². The van der Waals surface area contributed by atoms with Gasteiger partial charge in [0.25, 0.3) is 0 Å². The molecular weight excluding hydrogens is 412 g/mol. The number of ether oxygens (including phenoxy) is 1. The van der Waals surface area contributed by atoms with Gasteiger partial charge in [-0.05, 0) is 50.2 Å². The van der Waals surface area contributed by atoms with Crippen LogP contribution in [0.1, 0.15) is 17.0 Å². The normalized spacial score (nSPS) is 11.3. The number of aryl methyl sites for hydroxylation is 1. The van der Waals surface area contributed by atoms with E-state index in [4.69, 9.17) is 16.3 Å². The van der Waals surface area contributed by atoms with E-state index in [0.717, 1.165) is 34.6 Å². The van der Waals surface area contributed by atoms with Crippen molar-refractivity contribution in [2.24, 2.45) is 0 Å². The van der Waals surface area contributed by atoms with Gasteiger partial charge in [0.2, 0.25) is 10.0 Å². The fourth-order valence-corrected chi connectivity index (χ4v) is 3.73. The van der Waals surface area contributed by atoms with Crippen LogP contribution in [0.3, 0.4) is 0 Å². The van der Waals surface area contributed by atoms with Crippen molar-refractivity contribution < 1.29 is 13.2 Å². The predicted octanol–water partition coefficient (Wildman–Crippen LogP) is 4.13. The molecule has 0 aliphatic carbocycles. The van der Waals surface area contributed by atoms with Gasteiger partial charge in [0.15, 0.2) is 0 Å². The van der Waals surface area contributed by atoms with Crippen LogP contribution in [-0.4, -0.2) is 31.6 Å². The highest BCUT2D eigenvalue weighted by atomic mass is 35.5. The number of benzene rings is 2. The van der Waals surface area contributed by atoms with Crippen molar-refractivity contribution in [3.8, 4) is 11.4 Å². The zero-order chi connectivity index (χ0) is 21.2. The summed E-state index contributed by atoms with van der Waals surface area (Å²) in [4.78, 5) is 0. The Labute approximate surface area is 175 Å². The molecule has 1 aromatic heterocycles. The molecule has 0 unspecified atom stereocenters. The van der Waals surface area contributed by atoms with Gasteiger partial charge in [0.05, 0.1) is 30.4 Å². The lowest BCUT2D eigenvalue weighted by Gasteiger charge is -2.13. The zero-order valence-electron chi connectivity index (χ0n) is 16.7. The lowest BCUT2D eigenvalue weighted by molar-refractivity contribution is 0.417.